The fourth-order valence-electron chi connectivity index (χ4n) is 6.74. The number of amides is 6. The monoisotopic (exact) mass is 858 g/mol. The van der Waals surface area contributed by atoms with Crippen molar-refractivity contribution in [1.82, 2.24) is 41.0 Å². The Hall–Kier alpha value is -4.82. The smallest absolute Gasteiger partial charge is 0.318 e. The highest BCUT2D eigenvalue weighted by Crippen LogP contribution is 2.22. The third-order valence-electron chi connectivity index (χ3n) is 10.3. The molecule has 60 heavy (non-hydrogen) atoms. The van der Waals surface area contributed by atoms with E-state index in [9.17, 15) is 19.2 Å². The van der Waals surface area contributed by atoms with Crippen LogP contribution in [0.15, 0.2) is 71.4 Å². The van der Waals surface area contributed by atoms with Gasteiger partial charge in [0.25, 0.3) is 0 Å². The van der Waals surface area contributed by atoms with Gasteiger partial charge in [0.1, 0.15) is 12.1 Å². The van der Waals surface area contributed by atoms with Crippen LogP contribution in [0.3, 0.4) is 0 Å². The summed E-state index contributed by atoms with van der Waals surface area (Å²) in [6, 6.07) is 17.1. The van der Waals surface area contributed by atoms with Crippen molar-refractivity contribution in [2.45, 2.75) is 130 Å². The molecule has 4 rings (SSSR count). The van der Waals surface area contributed by atoms with Crippen molar-refractivity contribution in [2.75, 3.05) is 14.1 Å². The summed E-state index contributed by atoms with van der Waals surface area (Å²) >= 11 is 3.16. The van der Waals surface area contributed by atoms with Crippen LogP contribution in [0.25, 0.3) is 0 Å². The summed E-state index contributed by atoms with van der Waals surface area (Å²) in [4.78, 5) is 67.5. The molecule has 4 atom stereocenters. The number of carbonyl (C=O) groups is 4. The molecule has 0 spiro atoms. The fourth-order valence-corrected chi connectivity index (χ4v) is 8.39. The van der Waals surface area contributed by atoms with E-state index in [1.807, 2.05) is 99.1 Å². The highest BCUT2D eigenvalue weighted by Gasteiger charge is 2.30. The number of thiazole rings is 2. The molecule has 0 aliphatic rings. The predicted octanol–water partition coefficient (Wildman–Crippen LogP) is 8.11. The third kappa shape index (κ3) is 15.0. The molecule has 0 radical (unpaired) electrons. The lowest BCUT2D eigenvalue weighted by molar-refractivity contribution is -0.125. The van der Waals surface area contributed by atoms with Crippen LogP contribution >= 0.6 is 22.7 Å². The zero-order valence-corrected chi connectivity index (χ0v) is 38.7. The van der Waals surface area contributed by atoms with E-state index in [0.29, 0.717) is 50.6 Å². The van der Waals surface area contributed by atoms with Crippen LogP contribution in [0, 0.1) is 11.8 Å². The maximum absolute atomic E-state index is 14.1. The molecule has 6 amide bonds. The van der Waals surface area contributed by atoms with Crippen molar-refractivity contribution in [2.24, 2.45) is 11.8 Å². The van der Waals surface area contributed by atoms with Gasteiger partial charge < -0.3 is 31.1 Å². The lowest BCUT2D eigenvalue weighted by atomic mass is 9.94. The second-order valence-corrected chi connectivity index (χ2v) is 18.9. The van der Waals surface area contributed by atoms with Gasteiger partial charge in [-0.2, -0.15) is 0 Å². The van der Waals surface area contributed by atoms with Crippen LogP contribution in [0.2, 0.25) is 0 Å². The van der Waals surface area contributed by atoms with Gasteiger partial charge in [-0.05, 0) is 48.6 Å². The summed E-state index contributed by atoms with van der Waals surface area (Å²) in [5, 5.41) is 18.5. The molecule has 2 aromatic carbocycles. The summed E-state index contributed by atoms with van der Waals surface area (Å²) in [6.45, 7) is 16.7. The Balaban J connectivity index is 1.47. The maximum Gasteiger partial charge on any atom is 0.318 e. The molecule has 0 unspecified atom stereocenters. The second-order valence-electron chi connectivity index (χ2n) is 17.1. The number of hydrogen-bond acceptors (Lipinski definition) is 8. The average molecular weight is 859 g/mol. The first kappa shape index (κ1) is 47.9. The summed E-state index contributed by atoms with van der Waals surface area (Å²) in [6.07, 6.45) is 2.22. The minimum Gasteiger partial charge on any atom is -0.351 e. The predicted molar refractivity (Wildman–Crippen MR) is 243 cm³/mol. The van der Waals surface area contributed by atoms with Gasteiger partial charge >= 0.3 is 12.1 Å². The Labute approximate surface area is 365 Å². The summed E-state index contributed by atoms with van der Waals surface area (Å²) < 4.78 is 0. The maximum atomic E-state index is 14.1. The summed E-state index contributed by atoms with van der Waals surface area (Å²) in [5.74, 6) is -0.286. The van der Waals surface area contributed by atoms with Gasteiger partial charge in [0.05, 0.1) is 34.5 Å². The van der Waals surface area contributed by atoms with Gasteiger partial charge in [-0.25, -0.2) is 19.6 Å². The van der Waals surface area contributed by atoms with Crippen molar-refractivity contribution in [3.63, 3.8) is 0 Å². The molecule has 0 saturated heterocycles. The lowest BCUT2D eigenvalue weighted by Crippen LogP contribution is -2.55. The quantitative estimate of drug-likeness (QED) is 0.0666. The minimum atomic E-state index is -0.777. The molecule has 0 aliphatic heterocycles. The van der Waals surface area contributed by atoms with Gasteiger partial charge in [-0.3, -0.25) is 9.59 Å². The lowest BCUT2D eigenvalue weighted by Gasteiger charge is -2.30. The molecule has 2 heterocycles. The van der Waals surface area contributed by atoms with Gasteiger partial charge in [-0.15, -0.1) is 22.7 Å². The Bertz CT molecular complexity index is 1810. The van der Waals surface area contributed by atoms with Crippen LogP contribution in [0.4, 0.5) is 9.59 Å². The van der Waals surface area contributed by atoms with Crippen LogP contribution in [0.1, 0.15) is 113 Å². The molecule has 14 heteroatoms. The van der Waals surface area contributed by atoms with Crippen molar-refractivity contribution in [3.8, 4) is 0 Å². The van der Waals surface area contributed by atoms with Gasteiger partial charge in [0.15, 0.2) is 0 Å². The van der Waals surface area contributed by atoms with Crippen LogP contribution in [0.5, 0.6) is 0 Å². The number of nitrogens with one attached hydrogen (secondary N) is 4. The SMILES string of the molecule is CC(C)c1nc(CN(C)C(=O)N[C@H](C(=O)N[C@H](CC[C@H](Cc2ccccc2)NC(=O)[C@@H](NC(=O)N(C)Cc2csc(C(C)C)n2)C(C)C)Cc2ccccc2)C(C)C)cs1. The van der Waals surface area contributed by atoms with Crippen molar-refractivity contribution < 1.29 is 19.2 Å². The first-order valence-electron chi connectivity index (χ1n) is 21.1. The zero-order valence-electron chi connectivity index (χ0n) is 37.0. The molecule has 0 fully saturated rings. The largest absolute Gasteiger partial charge is 0.351 e. The normalized spacial score (nSPS) is 13.5. The standard InChI is InChI=1S/C46H66N8O4S2/c1-29(2)39(51-45(57)53(9)25-37-27-59-43(49-37)31(5)6)41(55)47-35(23-33-17-13-11-14-18-33)21-22-36(24-34-19-15-12-16-20-34)48-42(56)40(30(3)4)52-46(58)54(10)26-38-28-60-44(50-38)32(7)8/h11-20,27-32,35-36,39-40H,21-26H2,1-10H3,(H,47,55)(H,48,56)(H,51,57)(H,52,58)/t35-,36-,39+,40+/m1/s1. The van der Waals surface area contributed by atoms with E-state index in [1.54, 1.807) is 46.6 Å². The summed E-state index contributed by atoms with van der Waals surface area (Å²) in [7, 11) is 3.41. The van der Waals surface area contributed by atoms with Crippen molar-refractivity contribution in [3.05, 3.63) is 104 Å². The summed E-state index contributed by atoms with van der Waals surface area (Å²) in [5.41, 5.74) is 3.75. The highest BCUT2D eigenvalue weighted by molar-refractivity contribution is 7.10. The van der Waals surface area contributed by atoms with Crippen LogP contribution in [-0.4, -0.2) is 81.9 Å². The fraction of sp³-hybridized carbons (Fsp3) is 0.522. The molecule has 0 aliphatic carbocycles. The Kier molecular flexibility index (Phi) is 18.5. The number of nitrogens with zero attached hydrogens (tertiary/aromatic N) is 4. The first-order valence-corrected chi connectivity index (χ1v) is 22.9. The van der Waals surface area contributed by atoms with E-state index in [2.05, 4.69) is 58.9 Å². The van der Waals surface area contributed by atoms with E-state index in [-0.39, 0.29) is 47.8 Å². The molecule has 12 nitrogen and oxygen atoms in total. The minimum absolute atomic E-state index is 0.183. The number of rotatable bonds is 21. The number of benzene rings is 2. The second kappa shape index (κ2) is 23.3. The van der Waals surface area contributed by atoms with Crippen molar-refractivity contribution in [1.29, 1.82) is 0 Å². The number of hydrogen-bond donors (Lipinski definition) is 4. The number of carbonyl (C=O) groups excluding carboxylic acids is 4. The van der Waals surface area contributed by atoms with E-state index >= 15 is 0 Å². The third-order valence-corrected chi connectivity index (χ3v) is 12.7. The van der Waals surface area contributed by atoms with E-state index < -0.39 is 12.1 Å². The Morgan fingerprint density at radius 2 is 0.900 bits per heavy atom. The molecule has 4 N–H and O–H groups in total. The van der Waals surface area contributed by atoms with Gasteiger partial charge in [0.2, 0.25) is 11.8 Å². The molecule has 2 aromatic heterocycles. The van der Waals surface area contributed by atoms with Gasteiger partial charge in [0, 0.05) is 48.8 Å². The van der Waals surface area contributed by atoms with E-state index in [0.717, 1.165) is 32.5 Å². The van der Waals surface area contributed by atoms with Gasteiger partial charge in [-0.1, -0.05) is 116 Å². The average Bonchev–Trinajstić information content (AvgIpc) is 3.88. The topological polar surface area (TPSA) is 149 Å². The molecular formula is C46H66N8O4S2. The van der Waals surface area contributed by atoms with Crippen molar-refractivity contribution >= 4 is 46.6 Å². The molecule has 4 aromatic rings. The molecular weight excluding hydrogens is 793 g/mol. The molecule has 0 saturated carbocycles. The van der Waals surface area contributed by atoms with E-state index in [4.69, 9.17) is 0 Å². The first-order chi connectivity index (χ1) is 28.5. The number of aromatic nitrogens is 2. The molecule has 326 valence electrons. The number of urea groups is 2. The van der Waals surface area contributed by atoms with E-state index in [1.165, 1.54) is 0 Å². The van der Waals surface area contributed by atoms with Crippen LogP contribution < -0.4 is 21.3 Å². The highest BCUT2D eigenvalue weighted by atomic mass is 32.1. The molecule has 0 bridgehead atoms. The Morgan fingerprint density at radius 1 is 0.550 bits per heavy atom. The zero-order chi connectivity index (χ0) is 43.9. The Morgan fingerprint density at radius 3 is 1.20 bits per heavy atom. The van der Waals surface area contributed by atoms with Crippen LogP contribution in [-0.2, 0) is 35.5 Å².